The third-order valence-corrected chi connectivity index (χ3v) is 6.96. The number of unbranched alkanes of at least 4 members (excludes halogenated alkanes) is 4. The molecule has 1 N–H and O–H groups in total. The minimum absolute atomic E-state index is 0.499. The maximum absolute atomic E-state index is 3.52. The van der Waals surface area contributed by atoms with Crippen LogP contribution in [0.5, 0.6) is 0 Å². The highest BCUT2D eigenvalue weighted by atomic mass is 14.9. The van der Waals surface area contributed by atoms with Crippen LogP contribution in [-0.4, -0.2) is 13.1 Å². The van der Waals surface area contributed by atoms with Gasteiger partial charge in [-0.05, 0) is 67.9 Å². The second-order valence-electron chi connectivity index (χ2n) is 10.0. The molecule has 1 fully saturated rings. The first-order valence-corrected chi connectivity index (χ1v) is 11.0. The Balaban J connectivity index is 2.27. The SMILES string of the molecule is CCCCCCCC(C)(C)CCCC(C)(C)C(C)C1CCNCC1. The van der Waals surface area contributed by atoms with E-state index >= 15 is 0 Å². The molecule has 144 valence electrons. The van der Waals surface area contributed by atoms with Gasteiger partial charge in [0.15, 0.2) is 0 Å². The van der Waals surface area contributed by atoms with Gasteiger partial charge >= 0.3 is 0 Å². The van der Waals surface area contributed by atoms with Crippen LogP contribution in [0, 0.1) is 22.7 Å². The van der Waals surface area contributed by atoms with Crippen molar-refractivity contribution in [3.05, 3.63) is 0 Å². The summed E-state index contributed by atoms with van der Waals surface area (Å²) in [5, 5.41) is 3.52. The molecule has 0 radical (unpaired) electrons. The minimum atomic E-state index is 0.499. The lowest BCUT2D eigenvalue weighted by molar-refractivity contribution is 0.111. The third kappa shape index (κ3) is 8.37. The van der Waals surface area contributed by atoms with Crippen molar-refractivity contribution >= 4 is 0 Å². The second kappa shape index (κ2) is 10.8. The Hall–Kier alpha value is -0.0400. The van der Waals surface area contributed by atoms with E-state index in [2.05, 4.69) is 46.9 Å². The van der Waals surface area contributed by atoms with E-state index in [1.165, 1.54) is 83.7 Å². The molecule has 1 atom stereocenters. The molecule has 0 spiro atoms. The van der Waals surface area contributed by atoms with Crippen LogP contribution in [0.2, 0.25) is 0 Å². The molecule has 1 nitrogen and oxygen atoms in total. The highest BCUT2D eigenvalue weighted by molar-refractivity contribution is 4.84. The fourth-order valence-electron chi connectivity index (χ4n) is 4.56. The Morgan fingerprint density at radius 3 is 2.04 bits per heavy atom. The van der Waals surface area contributed by atoms with Crippen LogP contribution >= 0.6 is 0 Å². The fourth-order valence-corrected chi connectivity index (χ4v) is 4.56. The molecule has 0 amide bonds. The van der Waals surface area contributed by atoms with Gasteiger partial charge in [-0.3, -0.25) is 0 Å². The predicted molar refractivity (Wildman–Crippen MR) is 110 cm³/mol. The molecule has 1 unspecified atom stereocenters. The van der Waals surface area contributed by atoms with Gasteiger partial charge in [0.25, 0.3) is 0 Å². The van der Waals surface area contributed by atoms with Crippen LogP contribution < -0.4 is 5.32 Å². The minimum Gasteiger partial charge on any atom is -0.317 e. The average Bonchev–Trinajstić information content (AvgIpc) is 2.54. The van der Waals surface area contributed by atoms with Gasteiger partial charge in [-0.25, -0.2) is 0 Å². The van der Waals surface area contributed by atoms with Crippen molar-refractivity contribution in [2.45, 2.75) is 112 Å². The Kier molecular flexibility index (Phi) is 9.94. The van der Waals surface area contributed by atoms with Crippen LogP contribution in [0.1, 0.15) is 112 Å². The van der Waals surface area contributed by atoms with Crippen molar-refractivity contribution in [1.29, 1.82) is 0 Å². The number of hydrogen-bond donors (Lipinski definition) is 1. The molecule has 0 aliphatic carbocycles. The first-order valence-electron chi connectivity index (χ1n) is 11.0. The van der Waals surface area contributed by atoms with E-state index < -0.39 is 0 Å². The van der Waals surface area contributed by atoms with Crippen molar-refractivity contribution < 1.29 is 0 Å². The molecule has 1 heteroatoms. The summed E-state index contributed by atoms with van der Waals surface area (Å²) in [7, 11) is 0. The predicted octanol–water partition coefficient (Wildman–Crippen LogP) is 7.21. The fraction of sp³-hybridized carbons (Fsp3) is 1.00. The van der Waals surface area contributed by atoms with Gasteiger partial charge in [0.2, 0.25) is 0 Å². The molecule has 0 aromatic heterocycles. The van der Waals surface area contributed by atoms with E-state index in [0.717, 1.165) is 11.8 Å². The summed E-state index contributed by atoms with van der Waals surface area (Å²) >= 11 is 0. The number of piperidine rings is 1. The van der Waals surface area contributed by atoms with E-state index in [-0.39, 0.29) is 0 Å². The Bertz CT molecular complexity index is 312. The normalized spacial score (nSPS) is 18.8. The van der Waals surface area contributed by atoms with Crippen LogP contribution in [-0.2, 0) is 0 Å². The standard InChI is InChI=1S/C23H47N/c1-7-8-9-10-11-15-22(3,4)16-12-17-23(5,6)20(2)21-13-18-24-19-14-21/h20-21,24H,7-19H2,1-6H3. The summed E-state index contributed by atoms with van der Waals surface area (Å²) < 4.78 is 0. The summed E-state index contributed by atoms with van der Waals surface area (Å²) in [6.07, 6.45) is 15.5. The highest BCUT2D eigenvalue weighted by Crippen LogP contribution is 2.41. The molecule has 1 saturated heterocycles. The number of hydrogen-bond acceptors (Lipinski definition) is 1. The largest absolute Gasteiger partial charge is 0.317 e. The molecule has 1 heterocycles. The van der Waals surface area contributed by atoms with Gasteiger partial charge in [-0.2, -0.15) is 0 Å². The van der Waals surface area contributed by atoms with Crippen molar-refractivity contribution in [1.82, 2.24) is 5.32 Å². The monoisotopic (exact) mass is 337 g/mol. The zero-order valence-electron chi connectivity index (χ0n) is 17.8. The summed E-state index contributed by atoms with van der Waals surface area (Å²) in [4.78, 5) is 0. The van der Waals surface area contributed by atoms with Crippen LogP contribution in [0.25, 0.3) is 0 Å². The topological polar surface area (TPSA) is 12.0 Å². The second-order valence-corrected chi connectivity index (χ2v) is 10.0. The Morgan fingerprint density at radius 2 is 1.42 bits per heavy atom. The van der Waals surface area contributed by atoms with Crippen molar-refractivity contribution in [2.24, 2.45) is 22.7 Å². The smallest absolute Gasteiger partial charge is 0.00462 e. The zero-order valence-corrected chi connectivity index (χ0v) is 17.8. The lowest BCUT2D eigenvalue weighted by atomic mass is 9.67. The van der Waals surface area contributed by atoms with E-state index in [1.807, 2.05) is 0 Å². The van der Waals surface area contributed by atoms with Gasteiger partial charge in [-0.1, -0.05) is 80.1 Å². The molecule has 0 bridgehead atoms. The summed E-state index contributed by atoms with van der Waals surface area (Å²) in [6, 6.07) is 0. The summed E-state index contributed by atoms with van der Waals surface area (Å²) in [5.41, 5.74) is 1.04. The lowest BCUT2D eigenvalue weighted by Crippen LogP contribution is -2.36. The van der Waals surface area contributed by atoms with Crippen LogP contribution in [0.3, 0.4) is 0 Å². The lowest BCUT2D eigenvalue weighted by Gasteiger charge is -2.40. The van der Waals surface area contributed by atoms with Crippen molar-refractivity contribution in [3.8, 4) is 0 Å². The maximum atomic E-state index is 3.52. The zero-order chi connectivity index (χ0) is 18.1. The first kappa shape index (κ1) is 22.0. The van der Waals surface area contributed by atoms with Gasteiger partial charge in [-0.15, -0.1) is 0 Å². The molecule has 0 saturated carbocycles. The van der Waals surface area contributed by atoms with E-state index in [0.29, 0.717) is 10.8 Å². The maximum Gasteiger partial charge on any atom is -0.00462 e. The molecular formula is C23H47N. The van der Waals surface area contributed by atoms with Crippen molar-refractivity contribution in [3.63, 3.8) is 0 Å². The van der Waals surface area contributed by atoms with E-state index in [9.17, 15) is 0 Å². The molecule has 1 aliphatic rings. The van der Waals surface area contributed by atoms with Gasteiger partial charge in [0.05, 0.1) is 0 Å². The molecule has 24 heavy (non-hydrogen) atoms. The first-order chi connectivity index (χ1) is 11.3. The van der Waals surface area contributed by atoms with E-state index in [1.54, 1.807) is 0 Å². The summed E-state index contributed by atoms with van der Waals surface area (Å²) in [5.74, 6) is 1.80. The molecule has 0 aromatic carbocycles. The van der Waals surface area contributed by atoms with Gasteiger partial charge < -0.3 is 5.32 Å². The summed E-state index contributed by atoms with van der Waals surface area (Å²) in [6.45, 7) is 17.3. The van der Waals surface area contributed by atoms with Crippen LogP contribution in [0.15, 0.2) is 0 Å². The number of nitrogens with one attached hydrogen (secondary N) is 1. The van der Waals surface area contributed by atoms with Crippen LogP contribution in [0.4, 0.5) is 0 Å². The molecular weight excluding hydrogens is 290 g/mol. The number of rotatable bonds is 12. The Labute approximate surface area is 153 Å². The Morgan fingerprint density at radius 1 is 0.833 bits per heavy atom. The van der Waals surface area contributed by atoms with E-state index in [4.69, 9.17) is 0 Å². The van der Waals surface area contributed by atoms with Crippen molar-refractivity contribution in [2.75, 3.05) is 13.1 Å². The quantitative estimate of drug-likeness (QED) is 0.371. The average molecular weight is 338 g/mol. The molecule has 1 aliphatic heterocycles. The third-order valence-electron chi connectivity index (χ3n) is 6.96. The molecule has 1 rings (SSSR count). The molecule has 0 aromatic rings. The highest BCUT2D eigenvalue weighted by Gasteiger charge is 2.32. The van der Waals surface area contributed by atoms with Gasteiger partial charge in [0, 0.05) is 0 Å². The van der Waals surface area contributed by atoms with Gasteiger partial charge in [0.1, 0.15) is 0 Å².